The van der Waals surface area contributed by atoms with Crippen LogP contribution in [0, 0.1) is 0 Å². The van der Waals surface area contributed by atoms with Crippen LogP contribution in [0.1, 0.15) is 35.2 Å². The fraction of sp³-hybridized carbons (Fsp3) is 0.300. The van der Waals surface area contributed by atoms with Crippen molar-refractivity contribution in [2.24, 2.45) is 0 Å². The van der Waals surface area contributed by atoms with Gasteiger partial charge in [0.2, 0.25) is 0 Å². The molecule has 0 amide bonds. The van der Waals surface area contributed by atoms with Crippen LogP contribution in [0.2, 0.25) is 0 Å². The zero-order chi connectivity index (χ0) is 18.5. The van der Waals surface area contributed by atoms with Crippen LogP contribution in [-0.2, 0) is 17.9 Å². The first-order valence-electron chi connectivity index (χ1n) is 8.52. The van der Waals surface area contributed by atoms with E-state index in [1.54, 1.807) is 22.7 Å². The van der Waals surface area contributed by atoms with Gasteiger partial charge in [0.05, 0.1) is 18.8 Å². The molecule has 0 spiro atoms. The summed E-state index contributed by atoms with van der Waals surface area (Å²) in [4.78, 5) is 19.0. The molecule has 0 saturated carbocycles. The highest BCUT2D eigenvalue weighted by Crippen LogP contribution is 2.25. The molecule has 3 rings (SSSR count). The fourth-order valence-corrected chi connectivity index (χ4v) is 4.32. The number of rotatable bonds is 8. The minimum atomic E-state index is -0.817. The first-order valence-corrected chi connectivity index (χ1v) is 10.3. The van der Waals surface area contributed by atoms with E-state index in [1.165, 1.54) is 5.56 Å². The number of carboxylic acid groups (broad SMARTS) is 1. The second-order valence-electron chi connectivity index (χ2n) is 6.52. The summed E-state index contributed by atoms with van der Waals surface area (Å²) < 4.78 is 0. The maximum atomic E-state index is 11.2. The van der Waals surface area contributed by atoms with Gasteiger partial charge in [0.15, 0.2) is 0 Å². The largest absolute Gasteiger partial charge is 0.480 e. The molecule has 0 fully saturated rings. The van der Waals surface area contributed by atoms with E-state index in [0.29, 0.717) is 19.0 Å². The van der Waals surface area contributed by atoms with Crippen molar-refractivity contribution in [3.8, 4) is 11.3 Å². The summed E-state index contributed by atoms with van der Waals surface area (Å²) in [5.74, 6) is -0.306. The number of hydrogen-bond acceptors (Lipinski definition) is 5. The molecule has 27 heavy (non-hydrogen) atoms. The van der Waals surface area contributed by atoms with Gasteiger partial charge in [0.25, 0.3) is 0 Å². The monoisotopic (exact) mass is 422 g/mol. The highest BCUT2D eigenvalue weighted by Gasteiger charge is 2.14. The number of thiazole rings is 1. The second kappa shape index (κ2) is 9.99. The molecule has 3 aromatic rings. The zero-order valence-corrected chi connectivity index (χ0v) is 17.7. The number of nitrogens with zero attached hydrogens (tertiary/aromatic N) is 2. The van der Waals surface area contributed by atoms with Crippen LogP contribution in [0.5, 0.6) is 0 Å². The summed E-state index contributed by atoms with van der Waals surface area (Å²) in [6.45, 7) is 5.54. The topological polar surface area (TPSA) is 53.4 Å². The Morgan fingerprint density at radius 2 is 1.89 bits per heavy atom. The van der Waals surface area contributed by atoms with E-state index in [1.807, 2.05) is 27.8 Å². The van der Waals surface area contributed by atoms with Gasteiger partial charge in [0, 0.05) is 22.4 Å². The number of halogens is 1. The summed E-state index contributed by atoms with van der Waals surface area (Å²) >= 11 is 3.22. The molecule has 0 unspecified atom stereocenters. The second-order valence-corrected chi connectivity index (χ2v) is 8.50. The van der Waals surface area contributed by atoms with Crippen molar-refractivity contribution in [2.75, 3.05) is 6.54 Å². The van der Waals surface area contributed by atoms with Gasteiger partial charge in [-0.3, -0.25) is 9.69 Å². The first-order chi connectivity index (χ1) is 12.5. The number of benzene rings is 1. The predicted octanol–water partition coefficient (Wildman–Crippen LogP) is 5.50. The van der Waals surface area contributed by atoms with E-state index in [2.05, 4.69) is 38.1 Å². The van der Waals surface area contributed by atoms with Gasteiger partial charge in [-0.25, -0.2) is 4.98 Å². The molecule has 0 atom stereocenters. The minimum absolute atomic E-state index is 0. The van der Waals surface area contributed by atoms with Gasteiger partial charge >= 0.3 is 5.97 Å². The quantitative estimate of drug-likeness (QED) is 0.520. The lowest BCUT2D eigenvalue weighted by Gasteiger charge is -2.17. The summed E-state index contributed by atoms with van der Waals surface area (Å²) in [7, 11) is 0. The van der Waals surface area contributed by atoms with E-state index < -0.39 is 5.97 Å². The smallest absolute Gasteiger partial charge is 0.317 e. The third kappa shape index (κ3) is 6.14. The molecule has 2 aromatic heterocycles. The molecule has 4 nitrogen and oxygen atoms in total. The molecular weight excluding hydrogens is 400 g/mol. The lowest BCUT2D eigenvalue weighted by Crippen LogP contribution is -2.28. The van der Waals surface area contributed by atoms with E-state index in [0.717, 1.165) is 21.1 Å². The van der Waals surface area contributed by atoms with Gasteiger partial charge in [-0.1, -0.05) is 44.2 Å². The van der Waals surface area contributed by atoms with E-state index in [4.69, 9.17) is 4.98 Å². The number of aliphatic carboxylic acids is 1. The number of aromatic nitrogens is 1. The Morgan fingerprint density at radius 3 is 2.48 bits per heavy atom. The Labute approximate surface area is 173 Å². The Balaban J connectivity index is 0.00000261. The zero-order valence-electron chi connectivity index (χ0n) is 15.3. The van der Waals surface area contributed by atoms with Gasteiger partial charge in [-0.15, -0.1) is 35.1 Å². The normalized spacial score (nSPS) is 11.0. The SMILES string of the molecule is CC(C)c1ccc(-c2csc(CN(CC(=O)O)Cc3cccs3)n2)cc1.Cl. The Kier molecular flexibility index (Phi) is 7.98. The molecule has 1 N–H and O–H groups in total. The van der Waals surface area contributed by atoms with Crippen molar-refractivity contribution in [3.63, 3.8) is 0 Å². The number of carboxylic acids is 1. The van der Waals surface area contributed by atoms with Crippen molar-refractivity contribution in [1.82, 2.24) is 9.88 Å². The van der Waals surface area contributed by atoms with Crippen LogP contribution < -0.4 is 0 Å². The van der Waals surface area contributed by atoms with Crippen LogP contribution in [0.3, 0.4) is 0 Å². The van der Waals surface area contributed by atoms with Crippen molar-refractivity contribution in [2.45, 2.75) is 32.9 Å². The van der Waals surface area contributed by atoms with Crippen LogP contribution in [0.4, 0.5) is 0 Å². The molecular formula is C20H23ClN2O2S2. The minimum Gasteiger partial charge on any atom is -0.480 e. The third-order valence-corrected chi connectivity index (χ3v) is 5.80. The van der Waals surface area contributed by atoms with Gasteiger partial charge in [0.1, 0.15) is 5.01 Å². The van der Waals surface area contributed by atoms with Crippen LogP contribution >= 0.6 is 35.1 Å². The lowest BCUT2D eigenvalue weighted by molar-refractivity contribution is -0.138. The molecule has 0 bridgehead atoms. The molecule has 0 aliphatic carbocycles. The molecule has 7 heteroatoms. The molecule has 0 aliphatic heterocycles. The van der Waals surface area contributed by atoms with Crippen molar-refractivity contribution in [3.05, 3.63) is 62.6 Å². The maximum absolute atomic E-state index is 11.2. The molecule has 0 radical (unpaired) electrons. The molecule has 0 aliphatic rings. The van der Waals surface area contributed by atoms with Gasteiger partial charge in [-0.2, -0.15) is 0 Å². The predicted molar refractivity (Wildman–Crippen MR) is 115 cm³/mol. The summed E-state index contributed by atoms with van der Waals surface area (Å²) in [6.07, 6.45) is 0. The Bertz CT molecular complexity index is 845. The van der Waals surface area contributed by atoms with Gasteiger partial charge < -0.3 is 5.11 Å². The maximum Gasteiger partial charge on any atom is 0.317 e. The standard InChI is InChI=1S/C20H22N2O2S2.ClH/c1-14(2)15-5-7-16(8-6-15)18-13-26-19(21-18)11-22(12-20(23)24)10-17-4-3-9-25-17;/h3-9,13-14H,10-12H2,1-2H3,(H,23,24);1H. The Hall–Kier alpha value is -1.73. The fourth-order valence-electron chi connectivity index (χ4n) is 2.73. The van der Waals surface area contributed by atoms with E-state index in [9.17, 15) is 9.90 Å². The highest BCUT2D eigenvalue weighted by molar-refractivity contribution is 7.10. The summed E-state index contributed by atoms with van der Waals surface area (Å²) in [5, 5.41) is 14.2. The van der Waals surface area contributed by atoms with Gasteiger partial charge in [-0.05, 0) is 22.9 Å². The van der Waals surface area contributed by atoms with E-state index >= 15 is 0 Å². The summed E-state index contributed by atoms with van der Waals surface area (Å²) in [5.41, 5.74) is 3.36. The molecule has 144 valence electrons. The number of thiophene rings is 1. The van der Waals surface area contributed by atoms with E-state index in [-0.39, 0.29) is 19.0 Å². The van der Waals surface area contributed by atoms with Crippen molar-refractivity contribution < 1.29 is 9.90 Å². The Morgan fingerprint density at radius 1 is 1.15 bits per heavy atom. The molecule has 0 saturated heterocycles. The molecule has 2 heterocycles. The van der Waals surface area contributed by atoms with Crippen molar-refractivity contribution in [1.29, 1.82) is 0 Å². The lowest BCUT2D eigenvalue weighted by atomic mass is 10.0. The first kappa shape index (κ1) is 21.6. The van der Waals surface area contributed by atoms with Crippen LogP contribution in [-0.4, -0.2) is 27.5 Å². The highest BCUT2D eigenvalue weighted by atomic mass is 35.5. The average molecular weight is 423 g/mol. The van der Waals surface area contributed by atoms with Crippen molar-refractivity contribution >= 4 is 41.0 Å². The molecule has 1 aromatic carbocycles. The number of carbonyl (C=O) groups is 1. The van der Waals surface area contributed by atoms with Crippen LogP contribution in [0.15, 0.2) is 47.2 Å². The van der Waals surface area contributed by atoms with Crippen LogP contribution in [0.25, 0.3) is 11.3 Å². The summed E-state index contributed by atoms with van der Waals surface area (Å²) in [6, 6.07) is 12.5. The number of hydrogen-bond donors (Lipinski definition) is 1. The third-order valence-electron chi connectivity index (χ3n) is 4.10. The average Bonchev–Trinajstić information content (AvgIpc) is 3.26.